The van der Waals surface area contributed by atoms with Crippen molar-refractivity contribution in [2.24, 2.45) is 11.8 Å². The van der Waals surface area contributed by atoms with Crippen molar-refractivity contribution in [2.75, 3.05) is 59.5 Å². The van der Waals surface area contributed by atoms with Crippen molar-refractivity contribution in [1.82, 2.24) is 14.7 Å². The lowest BCUT2D eigenvalue weighted by atomic mass is 9.96. The number of nitrogens with zero attached hydrogens (tertiary/aromatic N) is 4. The number of benzene rings is 1. The molecular weight excluding hydrogens is 312 g/mol. The lowest BCUT2D eigenvalue weighted by molar-refractivity contribution is 0.165. The smallest absolute Gasteiger partial charge is 0.0991 e. The van der Waals surface area contributed by atoms with E-state index in [0.29, 0.717) is 11.8 Å². The maximum atomic E-state index is 9.83. The van der Waals surface area contributed by atoms with Gasteiger partial charge in [0.25, 0.3) is 0 Å². The van der Waals surface area contributed by atoms with Crippen molar-refractivity contribution in [3.63, 3.8) is 0 Å². The van der Waals surface area contributed by atoms with Crippen LogP contribution in [-0.4, -0.2) is 79.3 Å². The topological polar surface area (TPSA) is 53.7 Å². The molecule has 1 aromatic carbocycles. The highest BCUT2D eigenvalue weighted by molar-refractivity contribution is 5.32. The third-order valence-corrected chi connectivity index (χ3v) is 5.65. The first-order chi connectivity index (χ1) is 12.2. The van der Waals surface area contributed by atoms with Crippen LogP contribution in [0.5, 0.6) is 0 Å². The van der Waals surface area contributed by atoms with Gasteiger partial charge in [0.1, 0.15) is 0 Å². The minimum Gasteiger partial charge on any atom is -0.396 e. The van der Waals surface area contributed by atoms with Gasteiger partial charge in [-0.15, -0.1) is 0 Å². The molecule has 2 saturated heterocycles. The van der Waals surface area contributed by atoms with E-state index in [2.05, 4.69) is 33.9 Å². The van der Waals surface area contributed by atoms with E-state index < -0.39 is 0 Å². The number of nitriles is 1. The average Bonchev–Trinajstić information content (AvgIpc) is 2.88. The molecule has 0 aromatic heterocycles. The Hall–Kier alpha value is -1.45. The van der Waals surface area contributed by atoms with Crippen molar-refractivity contribution >= 4 is 0 Å². The van der Waals surface area contributed by atoms with Crippen molar-refractivity contribution in [3.8, 4) is 6.07 Å². The van der Waals surface area contributed by atoms with Crippen LogP contribution in [-0.2, 0) is 6.54 Å². The Morgan fingerprint density at radius 2 is 1.96 bits per heavy atom. The van der Waals surface area contributed by atoms with Crippen LogP contribution in [0.3, 0.4) is 0 Å². The van der Waals surface area contributed by atoms with Gasteiger partial charge in [0.05, 0.1) is 11.6 Å². The second-order valence-electron chi connectivity index (χ2n) is 7.67. The summed E-state index contributed by atoms with van der Waals surface area (Å²) in [6.07, 6.45) is 1.23. The molecule has 1 N–H and O–H groups in total. The Morgan fingerprint density at radius 3 is 2.76 bits per heavy atom. The van der Waals surface area contributed by atoms with Gasteiger partial charge in [-0.1, -0.05) is 12.1 Å². The van der Waals surface area contributed by atoms with Gasteiger partial charge in [0.2, 0.25) is 0 Å². The van der Waals surface area contributed by atoms with E-state index in [1.54, 1.807) is 0 Å². The zero-order chi connectivity index (χ0) is 17.6. The molecule has 0 amide bonds. The summed E-state index contributed by atoms with van der Waals surface area (Å²) < 4.78 is 0. The van der Waals surface area contributed by atoms with Gasteiger partial charge in [-0.25, -0.2) is 0 Å². The molecule has 25 heavy (non-hydrogen) atoms. The van der Waals surface area contributed by atoms with Crippen molar-refractivity contribution in [2.45, 2.75) is 13.0 Å². The fourth-order valence-electron chi connectivity index (χ4n) is 4.19. The van der Waals surface area contributed by atoms with Crippen molar-refractivity contribution in [1.29, 1.82) is 5.26 Å². The number of hydrogen-bond donors (Lipinski definition) is 1. The Morgan fingerprint density at radius 1 is 1.12 bits per heavy atom. The second-order valence-corrected chi connectivity index (χ2v) is 7.67. The molecule has 2 heterocycles. The fourth-order valence-corrected chi connectivity index (χ4v) is 4.19. The standard InChI is InChI=1S/C20H30N4O/c1-22-6-3-7-23(9-8-22)13-19-14-24(15-20(19)16-25)12-18-5-2-4-17(10-18)11-21/h2,4-5,10,19-20,25H,3,6-9,12-16H2,1H3/t19-,20-/m1/s1. The minimum atomic E-state index is 0.271. The summed E-state index contributed by atoms with van der Waals surface area (Å²) >= 11 is 0. The van der Waals surface area contributed by atoms with Gasteiger partial charge in [-0.05, 0) is 56.1 Å². The van der Waals surface area contributed by atoms with E-state index in [0.717, 1.165) is 44.8 Å². The molecule has 5 heteroatoms. The summed E-state index contributed by atoms with van der Waals surface area (Å²) in [5.41, 5.74) is 1.91. The van der Waals surface area contributed by atoms with E-state index in [-0.39, 0.29) is 6.61 Å². The average molecular weight is 342 g/mol. The molecule has 0 unspecified atom stereocenters. The first-order valence-electron chi connectivity index (χ1n) is 9.41. The molecule has 136 valence electrons. The first-order valence-corrected chi connectivity index (χ1v) is 9.41. The molecule has 1 aromatic rings. The fraction of sp³-hybridized carbons (Fsp3) is 0.650. The van der Waals surface area contributed by atoms with Crippen LogP contribution < -0.4 is 0 Å². The summed E-state index contributed by atoms with van der Waals surface area (Å²) in [6.45, 7) is 8.85. The summed E-state index contributed by atoms with van der Waals surface area (Å²) in [5.74, 6) is 0.896. The third-order valence-electron chi connectivity index (χ3n) is 5.65. The van der Waals surface area contributed by atoms with Gasteiger partial charge in [0.15, 0.2) is 0 Å². The molecule has 0 radical (unpaired) electrons. The van der Waals surface area contributed by atoms with Gasteiger partial charge < -0.3 is 14.9 Å². The molecule has 2 aliphatic heterocycles. The SMILES string of the molecule is CN1CCCN(C[C@@H]2CN(Cc3cccc(C#N)c3)C[C@@H]2CO)CC1. The van der Waals surface area contributed by atoms with Crippen LogP contribution in [0.1, 0.15) is 17.5 Å². The van der Waals surface area contributed by atoms with Crippen LogP contribution >= 0.6 is 0 Å². The first kappa shape index (κ1) is 18.3. The molecular formula is C20H30N4O. The molecule has 0 spiro atoms. The number of rotatable bonds is 5. The number of likely N-dealkylation sites (N-methyl/N-ethyl adjacent to an activating group) is 1. The number of aliphatic hydroxyl groups excluding tert-OH is 1. The monoisotopic (exact) mass is 342 g/mol. The summed E-state index contributed by atoms with van der Waals surface area (Å²) in [6, 6.07) is 10.1. The molecule has 2 fully saturated rings. The molecule has 0 bridgehead atoms. The summed E-state index contributed by atoms with van der Waals surface area (Å²) in [5, 5.41) is 18.9. The molecule has 0 aliphatic carbocycles. The lowest BCUT2D eigenvalue weighted by Crippen LogP contribution is -2.36. The second kappa shape index (κ2) is 8.77. The van der Waals surface area contributed by atoms with Crippen LogP contribution in [0.2, 0.25) is 0 Å². The summed E-state index contributed by atoms with van der Waals surface area (Å²) in [4.78, 5) is 7.43. The number of hydrogen-bond acceptors (Lipinski definition) is 5. The largest absolute Gasteiger partial charge is 0.396 e. The van der Waals surface area contributed by atoms with E-state index in [4.69, 9.17) is 5.26 Å². The van der Waals surface area contributed by atoms with Crippen LogP contribution in [0.4, 0.5) is 0 Å². The minimum absolute atomic E-state index is 0.271. The predicted octanol–water partition coefficient (Wildman–Crippen LogP) is 1.24. The Bertz CT molecular complexity index is 600. The molecule has 3 rings (SSSR count). The third kappa shape index (κ3) is 5.02. The highest BCUT2D eigenvalue weighted by atomic mass is 16.3. The van der Waals surface area contributed by atoms with Crippen molar-refractivity contribution in [3.05, 3.63) is 35.4 Å². The Kier molecular flexibility index (Phi) is 6.44. The maximum Gasteiger partial charge on any atom is 0.0991 e. The van der Waals surface area contributed by atoms with Crippen molar-refractivity contribution < 1.29 is 5.11 Å². The van der Waals surface area contributed by atoms with Gasteiger partial charge in [-0.2, -0.15) is 5.26 Å². The van der Waals surface area contributed by atoms with E-state index in [1.807, 2.05) is 18.2 Å². The Labute approximate surface area is 151 Å². The van der Waals surface area contributed by atoms with Crippen LogP contribution in [0, 0.1) is 23.2 Å². The van der Waals surface area contributed by atoms with Crippen LogP contribution in [0.15, 0.2) is 24.3 Å². The van der Waals surface area contributed by atoms with E-state index >= 15 is 0 Å². The maximum absolute atomic E-state index is 9.83. The van der Waals surface area contributed by atoms with Crippen LogP contribution in [0.25, 0.3) is 0 Å². The zero-order valence-electron chi connectivity index (χ0n) is 15.3. The molecule has 2 aliphatic rings. The van der Waals surface area contributed by atoms with Gasteiger partial charge in [0, 0.05) is 45.9 Å². The highest BCUT2D eigenvalue weighted by Crippen LogP contribution is 2.26. The van der Waals surface area contributed by atoms with Gasteiger partial charge >= 0.3 is 0 Å². The summed E-state index contributed by atoms with van der Waals surface area (Å²) in [7, 11) is 2.20. The van der Waals surface area contributed by atoms with E-state index in [9.17, 15) is 5.11 Å². The number of likely N-dealkylation sites (tertiary alicyclic amines) is 1. The predicted molar refractivity (Wildman–Crippen MR) is 99.1 cm³/mol. The quantitative estimate of drug-likeness (QED) is 0.872. The Balaban J connectivity index is 1.57. The normalized spacial score (nSPS) is 26.4. The van der Waals surface area contributed by atoms with E-state index in [1.165, 1.54) is 25.1 Å². The highest BCUT2D eigenvalue weighted by Gasteiger charge is 2.33. The molecule has 5 nitrogen and oxygen atoms in total. The van der Waals surface area contributed by atoms with Gasteiger partial charge in [-0.3, -0.25) is 4.90 Å². The molecule has 0 saturated carbocycles. The zero-order valence-corrected chi connectivity index (χ0v) is 15.3. The number of aliphatic hydroxyl groups is 1. The lowest BCUT2D eigenvalue weighted by Gasteiger charge is -2.26. The molecule has 2 atom stereocenters.